The van der Waals surface area contributed by atoms with Gasteiger partial charge in [-0.3, -0.25) is 14.4 Å². The first-order chi connectivity index (χ1) is 12.9. The third-order valence-electron chi connectivity index (χ3n) is 4.60. The molecule has 1 saturated heterocycles. The summed E-state index contributed by atoms with van der Waals surface area (Å²) in [5.74, 6) is -2.05. The summed E-state index contributed by atoms with van der Waals surface area (Å²) < 4.78 is 19.2. The summed E-state index contributed by atoms with van der Waals surface area (Å²) in [6.45, 7) is 0.563. The van der Waals surface area contributed by atoms with Crippen LogP contribution in [0.15, 0.2) is 41.2 Å². The highest BCUT2D eigenvalue weighted by molar-refractivity contribution is 5.92. The van der Waals surface area contributed by atoms with Gasteiger partial charge in [0.25, 0.3) is 11.5 Å². The number of carbonyl (C=O) groups is 2. The van der Waals surface area contributed by atoms with Gasteiger partial charge in [-0.1, -0.05) is 0 Å². The molecule has 9 heteroatoms. The second-order valence-corrected chi connectivity index (χ2v) is 6.33. The summed E-state index contributed by atoms with van der Waals surface area (Å²) in [6.07, 6.45) is 0.593. The van der Waals surface area contributed by atoms with Crippen LogP contribution in [0.4, 0.5) is 4.39 Å². The lowest BCUT2D eigenvalue weighted by atomic mass is 9.80. The molecule has 27 heavy (non-hydrogen) atoms. The van der Waals surface area contributed by atoms with Crippen LogP contribution in [0.25, 0.3) is 5.69 Å². The van der Waals surface area contributed by atoms with E-state index in [4.69, 9.17) is 4.74 Å². The Labute approximate surface area is 153 Å². The van der Waals surface area contributed by atoms with Gasteiger partial charge in [-0.05, 0) is 43.2 Å². The molecule has 0 aliphatic carbocycles. The molecular formula is C18H18FN3O5. The molecule has 1 amide bonds. The van der Waals surface area contributed by atoms with Gasteiger partial charge >= 0.3 is 5.97 Å². The second kappa shape index (κ2) is 7.67. The normalized spacial score (nSPS) is 15.9. The lowest BCUT2D eigenvalue weighted by Gasteiger charge is -2.33. The molecule has 2 heterocycles. The molecule has 0 spiro atoms. The van der Waals surface area contributed by atoms with Crippen LogP contribution in [0.5, 0.6) is 0 Å². The van der Waals surface area contributed by atoms with Crippen LogP contribution in [0.2, 0.25) is 0 Å². The zero-order chi connectivity index (χ0) is 19.4. The van der Waals surface area contributed by atoms with Gasteiger partial charge in [-0.25, -0.2) is 4.39 Å². The number of amides is 1. The first kappa shape index (κ1) is 18.7. The summed E-state index contributed by atoms with van der Waals surface area (Å²) in [4.78, 5) is 36.1. The van der Waals surface area contributed by atoms with Crippen molar-refractivity contribution >= 4 is 11.9 Å². The number of nitrogens with zero attached hydrogens (tertiary/aromatic N) is 2. The molecule has 2 N–H and O–H groups in total. The highest BCUT2D eigenvalue weighted by Gasteiger charge is 2.40. The van der Waals surface area contributed by atoms with E-state index in [1.807, 2.05) is 0 Å². The molecule has 0 unspecified atom stereocenters. The van der Waals surface area contributed by atoms with E-state index in [9.17, 15) is 23.9 Å². The third-order valence-corrected chi connectivity index (χ3v) is 4.60. The number of aromatic nitrogens is 2. The molecule has 0 bridgehead atoms. The summed E-state index contributed by atoms with van der Waals surface area (Å²) in [5.41, 5.74) is -1.31. The maximum Gasteiger partial charge on any atom is 0.311 e. The van der Waals surface area contributed by atoms with Gasteiger partial charge in [-0.2, -0.15) is 9.78 Å². The molecule has 1 aromatic heterocycles. The van der Waals surface area contributed by atoms with E-state index in [1.165, 1.54) is 36.4 Å². The number of carbonyl (C=O) groups excluding carboxylic acids is 1. The van der Waals surface area contributed by atoms with Gasteiger partial charge in [-0.15, -0.1) is 0 Å². The zero-order valence-electron chi connectivity index (χ0n) is 14.4. The largest absolute Gasteiger partial charge is 0.481 e. The lowest BCUT2D eigenvalue weighted by Crippen LogP contribution is -2.46. The average molecular weight is 375 g/mol. The van der Waals surface area contributed by atoms with Crippen LogP contribution in [0.1, 0.15) is 23.3 Å². The van der Waals surface area contributed by atoms with Gasteiger partial charge < -0.3 is 15.2 Å². The SMILES string of the molecule is O=C(NCC1(C(=O)O)CCOCC1)c1ccc(=O)n(-c2ccc(F)cc2)n1. The van der Waals surface area contributed by atoms with E-state index >= 15 is 0 Å². The molecule has 0 atom stereocenters. The van der Waals surface area contributed by atoms with Gasteiger partial charge in [0.2, 0.25) is 0 Å². The quantitative estimate of drug-likeness (QED) is 0.806. The average Bonchev–Trinajstić information content (AvgIpc) is 2.68. The number of hydrogen-bond acceptors (Lipinski definition) is 5. The van der Waals surface area contributed by atoms with Crippen LogP contribution >= 0.6 is 0 Å². The number of aliphatic carboxylic acids is 1. The molecule has 2 aromatic rings. The van der Waals surface area contributed by atoms with Crippen molar-refractivity contribution in [3.05, 3.63) is 58.3 Å². The Bertz CT molecular complexity index is 904. The molecular weight excluding hydrogens is 357 g/mol. The Kier molecular flexibility index (Phi) is 5.31. The molecule has 1 aliphatic rings. The maximum absolute atomic E-state index is 13.1. The molecule has 0 radical (unpaired) electrons. The van der Waals surface area contributed by atoms with Crippen molar-refractivity contribution in [1.82, 2.24) is 15.1 Å². The number of rotatable bonds is 5. The second-order valence-electron chi connectivity index (χ2n) is 6.33. The van der Waals surface area contributed by atoms with Crippen molar-refractivity contribution in [2.75, 3.05) is 19.8 Å². The monoisotopic (exact) mass is 375 g/mol. The number of ether oxygens (including phenoxy) is 1. The van der Waals surface area contributed by atoms with Crippen molar-refractivity contribution in [3.63, 3.8) is 0 Å². The van der Waals surface area contributed by atoms with Crippen molar-refractivity contribution in [1.29, 1.82) is 0 Å². The highest BCUT2D eigenvalue weighted by atomic mass is 19.1. The lowest BCUT2D eigenvalue weighted by molar-refractivity contribution is -0.154. The van der Waals surface area contributed by atoms with Crippen LogP contribution in [-0.4, -0.2) is 46.5 Å². The van der Waals surface area contributed by atoms with E-state index in [0.717, 1.165) is 4.68 Å². The number of benzene rings is 1. The predicted octanol–water partition coefficient (Wildman–Crippen LogP) is 0.983. The smallest absolute Gasteiger partial charge is 0.311 e. The molecule has 3 rings (SSSR count). The van der Waals surface area contributed by atoms with Crippen LogP contribution in [-0.2, 0) is 9.53 Å². The van der Waals surface area contributed by atoms with Gasteiger partial charge in [0.1, 0.15) is 11.5 Å². The summed E-state index contributed by atoms with van der Waals surface area (Å²) in [5, 5.41) is 16.1. The van der Waals surface area contributed by atoms with Crippen LogP contribution in [0, 0.1) is 11.2 Å². The number of carboxylic acids is 1. The van der Waals surface area contributed by atoms with Gasteiger partial charge in [0.05, 0.1) is 11.1 Å². The number of nitrogens with one attached hydrogen (secondary N) is 1. The summed E-state index contributed by atoms with van der Waals surface area (Å²) in [7, 11) is 0. The van der Waals surface area contributed by atoms with E-state index in [-0.39, 0.29) is 12.2 Å². The molecule has 0 saturated carbocycles. The fourth-order valence-corrected chi connectivity index (χ4v) is 2.87. The van der Waals surface area contributed by atoms with Crippen molar-refractivity contribution in [3.8, 4) is 5.69 Å². The molecule has 142 valence electrons. The van der Waals surface area contributed by atoms with Crippen molar-refractivity contribution in [2.45, 2.75) is 12.8 Å². The Balaban J connectivity index is 1.79. The fraction of sp³-hybridized carbons (Fsp3) is 0.333. The Morgan fingerprint density at radius 3 is 2.48 bits per heavy atom. The number of hydrogen-bond donors (Lipinski definition) is 2. The minimum atomic E-state index is -1.08. The van der Waals surface area contributed by atoms with E-state index in [2.05, 4.69) is 10.4 Å². The first-order valence-electron chi connectivity index (χ1n) is 8.37. The van der Waals surface area contributed by atoms with Crippen molar-refractivity contribution < 1.29 is 23.8 Å². The Morgan fingerprint density at radius 1 is 1.19 bits per heavy atom. The topological polar surface area (TPSA) is 111 Å². The fourth-order valence-electron chi connectivity index (χ4n) is 2.87. The van der Waals surface area contributed by atoms with E-state index < -0.39 is 28.7 Å². The summed E-state index contributed by atoms with van der Waals surface area (Å²) >= 11 is 0. The van der Waals surface area contributed by atoms with Crippen molar-refractivity contribution in [2.24, 2.45) is 5.41 Å². The predicted molar refractivity (Wildman–Crippen MR) is 92.2 cm³/mol. The van der Waals surface area contributed by atoms with Gasteiger partial charge in [0, 0.05) is 25.8 Å². The molecule has 1 aliphatic heterocycles. The Morgan fingerprint density at radius 2 is 1.85 bits per heavy atom. The van der Waals surface area contributed by atoms with E-state index in [0.29, 0.717) is 31.7 Å². The molecule has 8 nitrogen and oxygen atoms in total. The standard InChI is InChI=1S/C18H18FN3O5/c19-12-1-3-13(4-2-12)22-15(23)6-5-14(21-22)16(24)20-11-18(17(25)26)7-9-27-10-8-18/h1-6H,7-11H2,(H,20,24)(H,25,26). The number of halogens is 1. The molecule has 1 fully saturated rings. The van der Waals surface area contributed by atoms with E-state index in [1.54, 1.807) is 0 Å². The highest BCUT2D eigenvalue weighted by Crippen LogP contribution is 2.30. The van der Waals surface area contributed by atoms with Crippen LogP contribution < -0.4 is 10.9 Å². The minimum Gasteiger partial charge on any atom is -0.481 e. The minimum absolute atomic E-state index is 0.0495. The zero-order valence-corrected chi connectivity index (χ0v) is 14.4. The first-order valence-corrected chi connectivity index (χ1v) is 8.37. The number of carboxylic acid groups (broad SMARTS) is 1. The summed E-state index contributed by atoms with van der Waals surface area (Å²) in [6, 6.07) is 7.53. The Hall–Kier alpha value is -3.07. The van der Waals surface area contributed by atoms with Crippen LogP contribution in [0.3, 0.4) is 0 Å². The molecule has 1 aromatic carbocycles. The van der Waals surface area contributed by atoms with Gasteiger partial charge in [0.15, 0.2) is 0 Å². The third kappa shape index (κ3) is 4.03. The maximum atomic E-state index is 13.1.